The van der Waals surface area contributed by atoms with Gasteiger partial charge in [-0.25, -0.2) is 0 Å². The highest BCUT2D eigenvalue weighted by Gasteiger charge is 2.22. The minimum absolute atomic E-state index is 0.122. The van der Waals surface area contributed by atoms with Crippen molar-refractivity contribution in [1.82, 2.24) is 14.9 Å². The Morgan fingerprint density at radius 3 is 2.64 bits per heavy atom. The Hall–Kier alpha value is -1.04. The normalized spacial score (nSPS) is 15.8. The van der Waals surface area contributed by atoms with Gasteiger partial charge in [-0.2, -0.15) is 4.68 Å². The van der Waals surface area contributed by atoms with Crippen molar-refractivity contribution in [2.45, 2.75) is 31.3 Å². The maximum atomic E-state index is 11.9. The van der Waals surface area contributed by atoms with E-state index in [1.807, 2.05) is 0 Å². The molecule has 0 amide bonds. The Bertz CT molecular complexity index is 477. The first-order chi connectivity index (χ1) is 7.52. The summed E-state index contributed by atoms with van der Waals surface area (Å²) in [6, 6.07) is 0. The van der Waals surface area contributed by atoms with Crippen LogP contribution in [0.25, 0.3) is 0 Å². The van der Waals surface area contributed by atoms with Crippen LogP contribution in [0.3, 0.4) is 0 Å². The monoisotopic (exact) mass is 217 g/mol. The first-order valence-electron chi connectivity index (χ1n) is 5.46. The van der Waals surface area contributed by atoms with Gasteiger partial charge in [0.1, 0.15) is 5.69 Å². The third-order valence-corrected chi connectivity index (χ3v) is 2.13. The summed E-state index contributed by atoms with van der Waals surface area (Å²) in [5, 5.41) is 7.32. The van der Waals surface area contributed by atoms with Crippen molar-refractivity contribution in [3.8, 4) is 0 Å². The van der Waals surface area contributed by atoms with Gasteiger partial charge in [-0.3, -0.25) is 4.79 Å². The van der Waals surface area contributed by atoms with E-state index in [2.05, 4.69) is 10.2 Å². The van der Waals surface area contributed by atoms with Crippen molar-refractivity contribution in [1.29, 1.82) is 0 Å². The fraction of sp³-hybridized carbons (Fsp3) is 0.625. The van der Waals surface area contributed by atoms with Gasteiger partial charge in [0.05, 0.1) is 0 Å². The average Bonchev–Trinajstić information content (AvgIpc) is 2.08. The molecule has 5 nitrogen and oxygen atoms in total. The van der Waals surface area contributed by atoms with Crippen molar-refractivity contribution < 1.29 is 4.11 Å². The highest BCUT2D eigenvalue weighted by Crippen LogP contribution is 2.16. The molecular weight excluding hydrogens is 200 g/mol. The van der Waals surface area contributed by atoms with E-state index < -0.39 is 17.2 Å². The van der Waals surface area contributed by atoms with E-state index in [1.54, 1.807) is 20.8 Å². The SMILES string of the molecule is [2H]C([2H])([2H])Sc1nnc(C(C)(C)C)c(=O)n1N. The Balaban J connectivity index is 3.26. The Kier molecular flexibility index (Phi) is 1.87. The summed E-state index contributed by atoms with van der Waals surface area (Å²) < 4.78 is 21.9. The van der Waals surface area contributed by atoms with E-state index in [0.717, 1.165) is 4.68 Å². The Labute approximate surface area is 90.9 Å². The summed E-state index contributed by atoms with van der Waals surface area (Å²) in [6.07, 6.45) is -2.31. The summed E-state index contributed by atoms with van der Waals surface area (Å²) in [7, 11) is 0. The third kappa shape index (κ3) is 1.89. The van der Waals surface area contributed by atoms with Crippen molar-refractivity contribution >= 4 is 11.8 Å². The molecule has 2 N–H and O–H groups in total. The smallest absolute Gasteiger partial charge is 0.295 e. The number of nitrogens with two attached hydrogens (primary N) is 1. The number of nitrogen functional groups attached to an aromatic ring is 1. The summed E-state index contributed by atoms with van der Waals surface area (Å²) >= 11 is 0.425. The lowest BCUT2D eigenvalue weighted by molar-refractivity contribution is 0.520. The first kappa shape index (κ1) is 7.28. The molecule has 0 spiro atoms. The molecule has 0 saturated heterocycles. The van der Waals surface area contributed by atoms with Crippen molar-refractivity contribution in [3.63, 3.8) is 0 Å². The van der Waals surface area contributed by atoms with Gasteiger partial charge in [0.2, 0.25) is 5.16 Å². The van der Waals surface area contributed by atoms with Crippen molar-refractivity contribution in [3.05, 3.63) is 16.0 Å². The third-order valence-electron chi connectivity index (χ3n) is 1.66. The predicted octanol–water partition coefficient (Wildman–Crippen LogP) is 0.371. The van der Waals surface area contributed by atoms with Crippen LogP contribution < -0.4 is 11.4 Å². The minimum atomic E-state index is -2.31. The van der Waals surface area contributed by atoms with Gasteiger partial charge in [-0.1, -0.05) is 32.5 Å². The van der Waals surface area contributed by atoms with Gasteiger partial charge in [0.15, 0.2) is 0 Å². The highest BCUT2D eigenvalue weighted by atomic mass is 32.2. The van der Waals surface area contributed by atoms with Gasteiger partial charge >= 0.3 is 0 Å². The van der Waals surface area contributed by atoms with E-state index in [-0.39, 0.29) is 10.9 Å². The van der Waals surface area contributed by atoms with Crippen LogP contribution in [0.4, 0.5) is 0 Å². The highest BCUT2D eigenvalue weighted by molar-refractivity contribution is 7.98. The lowest BCUT2D eigenvalue weighted by atomic mass is 9.93. The molecule has 1 heterocycles. The molecule has 0 aliphatic heterocycles. The van der Waals surface area contributed by atoms with Crippen LogP contribution in [-0.2, 0) is 5.41 Å². The molecule has 14 heavy (non-hydrogen) atoms. The van der Waals surface area contributed by atoms with Crippen LogP contribution in [0.15, 0.2) is 9.95 Å². The van der Waals surface area contributed by atoms with E-state index in [9.17, 15) is 4.79 Å². The molecule has 78 valence electrons. The zero-order valence-corrected chi connectivity index (χ0v) is 9.05. The molecule has 0 atom stereocenters. The molecule has 0 aliphatic carbocycles. The topological polar surface area (TPSA) is 73.8 Å². The molecule has 6 heteroatoms. The van der Waals surface area contributed by atoms with Crippen LogP contribution in [0, 0.1) is 0 Å². The van der Waals surface area contributed by atoms with Crippen molar-refractivity contribution in [2.24, 2.45) is 0 Å². The summed E-state index contributed by atoms with van der Waals surface area (Å²) in [4.78, 5) is 11.9. The zero-order chi connectivity index (χ0) is 13.4. The maximum absolute atomic E-state index is 11.9. The number of hydrogen-bond donors (Lipinski definition) is 1. The maximum Gasteiger partial charge on any atom is 0.295 e. The number of thioether (sulfide) groups is 1. The molecule has 0 bridgehead atoms. The van der Waals surface area contributed by atoms with Gasteiger partial charge in [-0.05, 0) is 6.18 Å². The van der Waals surface area contributed by atoms with Crippen molar-refractivity contribution in [2.75, 3.05) is 12.0 Å². The van der Waals surface area contributed by atoms with Crippen LogP contribution in [0.1, 0.15) is 30.6 Å². The number of nitrogens with zero attached hydrogens (tertiary/aromatic N) is 3. The average molecular weight is 217 g/mol. The van der Waals surface area contributed by atoms with Crippen LogP contribution in [0.2, 0.25) is 0 Å². The van der Waals surface area contributed by atoms with E-state index >= 15 is 0 Å². The largest absolute Gasteiger partial charge is 0.334 e. The number of aromatic nitrogens is 3. The van der Waals surface area contributed by atoms with E-state index in [4.69, 9.17) is 9.95 Å². The lowest BCUT2D eigenvalue weighted by Crippen LogP contribution is -2.37. The van der Waals surface area contributed by atoms with Gasteiger partial charge in [0, 0.05) is 9.53 Å². The van der Waals surface area contributed by atoms with Crippen LogP contribution >= 0.6 is 11.8 Å². The van der Waals surface area contributed by atoms with Crippen LogP contribution in [-0.4, -0.2) is 21.1 Å². The molecule has 0 fully saturated rings. The number of rotatable bonds is 1. The second-order valence-corrected chi connectivity index (χ2v) is 4.43. The number of hydrogen-bond acceptors (Lipinski definition) is 5. The standard InChI is InChI=1S/C8H14N4OS/c1-8(2,3)5-6(13)12(9)7(14-4)11-10-5/h9H2,1-4H3/i4D3. The molecule has 0 aliphatic rings. The Morgan fingerprint density at radius 1 is 1.50 bits per heavy atom. The van der Waals surface area contributed by atoms with Crippen LogP contribution in [0.5, 0.6) is 0 Å². The fourth-order valence-electron chi connectivity index (χ4n) is 0.925. The molecule has 1 rings (SSSR count). The zero-order valence-electron chi connectivity index (χ0n) is 11.2. The predicted molar refractivity (Wildman–Crippen MR) is 56.9 cm³/mol. The summed E-state index contributed by atoms with van der Waals surface area (Å²) in [6.45, 7) is 5.40. The molecule has 0 aromatic carbocycles. The summed E-state index contributed by atoms with van der Waals surface area (Å²) in [5.41, 5.74) is -0.817. The van der Waals surface area contributed by atoms with Gasteiger partial charge < -0.3 is 5.84 Å². The molecule has 0 radical (unpaired) electrons. The van der Waals surface area contributed by atoms with Gasteiger partial charge in [0.25, 0.3) is 5.56 Å². The summed E-state index contributed by atoms with van der Waals surface area (Å²) in [5.74, 6) is 5.52. The molecular formula is C8H14N4OS. The first-order valence-corrected chi connectivity index (χ1v) is 4.78. The fourth-order valence-corrected chi connectivity index (χ4v) is 1.19. The molecule has 1 aromatic rings. The lowest BCUT2D eigenvalue weighted by Gasteiger charge is -2.16. The quantitative estimate of drug-likeness (QED) is 0.543. The molecule has 0 saturated carbocycles. The minimum Gasteiger partial charge on any atom is -0.334 e. The Morgan fingerprint density at radius 2 is 2.14 bits per heavy atom. The second-order valence-electron chi connectivity index (χ2n) is 3.86. The van der Waals surface area contributed by atoms with Gasteiger partial charge in [-0.15, -0.1) is 10.2 Å². The van der Waals surface area contributed by atoms with E-state index in [1.165, 1.54) is 0 Å². The molecule has 0 unspecified atom stereocenters. The second kappa shape index (κ2) is 3.61. The molecule has 1 aromatic heterocycles. The van der Waals surface area contributed by atoms with E-state index in [0.29, 0.717) is 11.8 Å².